The van der Waals surface area contributed by atoms with Crippen LogP contribution in [-0.4, -0.2) is 13.1 Å². The van der Waals surface area contributed by atoms with Crippen LogP contribution in [-0.2, 0) is 5.41 Å². The molecule has 1 spiro atoms. The second-order valence-electron chi connectivity index (χ2n) is 11.3. The number of hydrogen-bond donors (Lipinski definition) is 0. The maximum Gasteiger partial charge on any atom is 0.0725 e. The third-order valence-corrected chi connectivity index (χ3v) is 9.65. The van der Waals surface area contributed by atoms with E-state index in [9.17, 15) is 0 Å². The summed E-state index contributed by atoms with van der Waals surface area (Å²) in [4.78, 5) is 2.42. The summed E-state index contributed by atoms with van der Waals surface area (Å²) in [6.07, 6.45) is 7.24. The Morgan fingerprint density at radius 2 is 1.15 bits per heavy atom. The molecule has 0 bridgehead atoms. The molecular weight excluding hydrogens is 470 g/mol. The maximum atomic E-state index is 2.50. The lowest BCUT2D eigenvalue weighted by Gasteiger charge is -2.31. The number of likely N-dealkylation sites (N-methyl/N-ethyl adjacent to an activating group) is 1. The Morgan fingerprint density at radius 1 is 0.590 bits per heavy atom. The Kier molecular flexibility index (Phi) is 4.09. The molecule has 39 heavy (non-hydrogen) atoms. The molecule has 0 radical (unpaired) electrons. The van der Waals surface area contributed by atoms with E-state index in [1.807, 2.05) is 0 Å². The van der Waals surface area contributed by atoms with Crippen LogP contribution in [0.25, 0.3) is 27.8 Å². The summed E-state index contributed by atoms with van der Waals surface area (Å²) >= 11 is 0. The molecule has 5 aromatic carbocycles. The predicted octanol–water partition coefficient (Wildman–Crippen LogP) is 8.59. The van der Waals surface area contributed by atoms with Gasteiger partial charge in [-0.25, -0.2) is 0 Å². The number of para-hydroxylation sites is 1. The first-order chi connectivity index (χ1) is 19.3. The molecule has 4 aliphatic rings. The third kappa shape index (κ3) is 2.56. The molecule has 1 heterocycles. The summed E-state index contributed by atoms with van der Waals surface area (Å²) in [5.41, 5.74) is 16.1. The van der Waals surface area contributed by atoms with E-state index in [4.69, 9.17) is 0 Å². The second kappa shape index (κ2) is 7.48. The summed E-state index contributed by atoms with van der Waals surface area (Å²) in [6, 6.07) is 43.6. The molecule has 2 atom stereocenters. The minimum absolute atomic E-state index is 0.295. The molecule has 0 N–H and O–H groups in total. The van der Waals surface area contributed by atoms with Gasteiger partial charge in [-0.2, -0.15) is 0 Å². The SMILES string of the molecule is CN1c2ccccc2C2C=C(c3ccc4c(c3)C3(c5ccccc5-c5ccccc53)c3ccccc3-4)C=CC21. The number of hydrogen-bond acceptors (Lipinski definition) is 1. The van der Waals surface area contributed by atoms with Gasteiger partial charge in [-0.15, -0.1) is 0 Å². The smallest absolute Gasteiger partial charge is 0.0725 e. The van der Waals surface area contributed by atoms with Crippen molar-refractivity contribution in [3.63, 3.8) is 0 Å². The van der Waals surface area contributed by atoms with E-state index < -0.39 is 0 Å². The molecule has 3 aliphatic carbocycles. The van der Waals surface area contributed by atoms with E-state index in [2.05, 4.69) is 145 Å². The van der Waals surface area contributed by atoms with Gasteiger partial charge in [0.2, 0.25) is 0 Å². The lowest BCUT2D eigenvalue weighted by atomic mass is 9.70. The molecule has 9 rings (SSSR count). The van der Waals surface area contributed by atoms with Crippen molar-refractivity contribution in [3.8, 4) is 22.3 Å². The highest BCUT2D eigenvalue weighted by atomic mass is 15.2. The molecule has 1 nitrogen and oxygen atoms in total. The van der Waals surface area contributed by atoms with E-state index in [1.165, 1.54) is 66.9 Å². The summed E-state index contributed by atoms with van der Waals surface area (Å²) < 4.78 is 0. The largest absolute Gasteiger partial charge is 0.367 e. The third-order valence-electron chi connectivity index (χ3n) is 9.65. The van der Waals surface area contributed by atoms with Gasteiger partial charge in [0, 0.05) is 18.7 Å². The Hall–Kier alpha value is -4.62. The fourth-order valence-corrected chi connectivity index (χ4v) is 8.03. The van der Waals surface area contributed by atoms with Crippen LogP contribution < -0.4 is 4.90 Å². The zero-order chi connectivity index (χ0) is 25.7. The minimum Gasteiger partial charge on any atom is -0.367 e. The number of nitrogens with zero attached hydrogens (tertiary/aromatic N) is 1. The van der Waals surface area contributed by atoms with Gasteiger partial charge >= 0.3 is 0 Å². The van der Waals surface area contributed by atoms with E-state index in [0.29, 0.717) is 12.0 Å². The van der Waals surface area contributed by atoms with Crippen LogP contribution in [0.5, 0.6) is 0 Å². The monoisotopic (exact) mass is 497 g/mol. The molecule has 0 saturated heterocycles. The van der Waals surface area contributed by atoms with Gasteiger partial charge in [0.05, 0.1) is 11.5 Å². The quantitative estimate of drug-likeness (QED) is 0.220. The lowest BCUT2D eigenvalue weighted by Crippen LogP contribution is -2.29. The van der Waals surface area contributed by atoms with Gasteiger partial charge in [-0.1, -0.05) is 121 Å². The molecule has 5 aromatic rings. The zero-order valence-electron chi connectivity index (χ0n) is 21.8. The topological polar surface area (TPSA) is 3.24 Å². The Bertz CT molecular complexity index is 1840. The van der Waals surface area contributed by atoms with Gasteiger partial charge in [0.1, 0.15) is 0 Å². The molecule has 184 valence electrons. The maximum absolute atomic E-state index is 2.50. The normalized spacial score (nSPS) is 20.1. The first-order valence-electron chi connectivity index (χ1n) is 13.9. The van der Waals surface area contributed by atoms with Gasteiger partial charge in [0.15, 0.2) is 0 Å². The molecule has 0 amide bonds. The van der Waals surface area contributed by atoms with E-state index in [-0.39, 0.29) is 5.41 Å². The van der Waals surface area contributed by atoms with Crippen LogP contribution >= 0.6 is 0 Å². The summed E-state index contributed by atoms with van der Waals surface area (Å²) in [6.45, 7) is 0. The molecule has 1 aliphatic heterocycles. The molecule has 0 fully saturated rings. The first-order valence-corrected chi connectivity index (χ1v) is 13.9. The van der Waals surface area contributed by atoms with E-state index in [0.717, 1.165) is 0 Å². The average Bonchev–Trinajstić information content (AvgIpc) is 3.58. The van der Waals surface area contributed by atoms with Crippen molar-refractivity contribution in [1.82, 2.24) is 0 Å². The van der Waals surface area contributed by atoms with Crippen molar-refractivity contribution in [2.24, 2.45) is 0 Å². The highest BCUT2D eigenvalue weighted by Gasteiger charge is 2.51. The number of allylic oxidation sites excluding steroid dienone is 2. The molecule has 0 aromatic heterocycles. The van der Waals surface area contributed by atoms with Crippen molar-refractivity contribution < 1.29 is 0 Å². The number of anilines is 1. The van der Waals surface area contributed by atoms with Crippen LogP contribution in [0.3, 0.4) is 0 Å². The van der Waals surface area contributed by atoms with Crippen molar-refractivity contribution in [2.75, 3.05) is 11.9 Å². The summed E-state index contributed by atoms with van der Waals surface area (Å²) in [7, 11) is 2.22. The highest BCUT2D eigenvalue weighted by Crippen LogP contribution is 2.63. The van der Waals surface area contributed by atoms with Crippen molar-refractivity contribution in [2.45, 2.75) is 17.4 Å². The fraction of sp³-hybridized carbons (Fsp3) is 0.105. The Morgan fingerprint density at radius 3 is 1.82 bits per heavy atom. The zero-order valence-corrected chi connectivity index (χ0v) is 21.8. The van der Waals surface area contributed by atoms with Gasteiger partial charge < -0.3 is 4.90 Å². The van der Waals surface area contributed by atoms with Crippen LogP contribution in [0, 0.1) is 0 Å². The number of fused-ring (bicyclic) bond motifs is 13. The number of benzene rings is 5. The van der Waals surface area contributed by atoms with Crippen LogP contribution in [0.15, 0.2) is 133 Å². The van der Waals surface area contributed by atoms with Gasteiger partial charge in [0.25, 0.3) is 0 Å². The van der Waals surface area contributed by atoms with Gasteiger partial charge in [-0.05, 0) is 73.3 Å². The Labute approximate surface area is 229 Å². The van der Waals surface area contributed by atoms with Crippen LogP contribution in [0.2, 0.25) is 0 Å². The number of rotatable bonds is 1. The van der Waals surface area contributed by atoms with Crippen molar-refractivity contribution in [1.29, 1.82) is 0 Å². The summed E-state index contributed by atoms with van der Waals surface area (Å²) in [5, 5.41) is 0. The van der Waals surface area contributed by atoms with E-state index in [1.54, 1.807) is 0 Å². The molecule has 2 unspecified atom stereocenters. The van der Waals surface area contributed by atoms with Crippen molar-refractivity contribution in [3.05, 3.63) is 167 Å². The fourth-order valence-electron chi connectivity index (χ4n) is 8.03. The standard InChI is InChI=1S/C38H27N/c1-39-36-17-9-5-13-30(36)31-22-24(19-21-37(31)39)25-18-20-29-28-12-4-8-16-34(28)38(35(29)23-25)32-14-6-2-10-26(32)27-11-3-7-15-33(27)38/h2-23,31,37H,1H3. The highest BCUT2D eigenvalue weighted by molar-refractivity contribution is 5.96. The molecule has 1 heteroatoms. The Balaban J connectivity index is 1.29. The predicted molar refractivity (Wildman–Crippen MR) is 161 cm³/mol. The molecular formula is C38H27N. The van der Waals surface area contributed by atoms with Crippen molar-refractivity contribution >= 4 is 11.3 Å². The first kappa shape index (κ1) is 21.3. The van der Waals surface area contributed by atoms with Crippen LogP contribution in [0.4, 0.5) is 5.69 Å². The van der Waals surface area contributed by atoms with E-state index >= 15 is 0 Å². The summed E-state index contributed by atoms with van der Waals surface area (Å²) in [5.74, 6) is 0.374. The average molecular weight is 498 g/mol. The minimum atomic E-state index is -0.295. The molecule has 0 saturated carbocycles. The van der Waals surface area contributed by atoms with Crippen LogP contribution in [0.1, 0.15) is 39.3 Å². The second-order valence-corrected chi connectivity index (χ2v) is 11.3. The lowest BCUT2D eigenvalue weighted by molar-refractivity contribution is 0.725. The van der Waals surface area contributed by atoms with Gasteiger partial charge in [-0.3, -0.25) is 0 Å².